The van der Waals surface area contributed by atoms with Gasteiger partial charge >= 0.3 is 6.09 Å². The van der Waals surface area contributed by atoms with Gasteiger partial charge in [0.25, 0.3) is 0 Å². The molecule has 138 valence electrons. The summed E-state index contributed by atoms with van der Waals surface area (Å²) in [6.07, 6.45) is -0.191. The van der Waals surface area contributed by atoms with Crippen LogP contribution >= 0.6 is 11.8 Å². The van der Waals surface area contributed by atoms with E-state index in [9.17, 15) is 4.79 Å². The van der Waals surface area contributed by atoms with Crippen LogP contribution in [0.25, 0.3) is 0 Å². The van der Waals surface area contributed by atoms with Gasteiger partial charge in [0.15, 0.2) is 0 Å². The normalized spacial score (nSPS) is 11.6. The smallest absolute Gasteiger partial charge is 0.405 e. The minimum absolute atomic E-state index is 0.390. The molecule has 7 nitrogen and oxygen atoms in total. The van der Waals surface area contributed by atoms with Crippen molar-refractivity contribution in [2.45, 2.75) is 25.8 Å². The monoisotopic (exact) mass is 353 g/mol. The summed E-state index contributed by atoms with van der Waals surface area (Å²) in [6.45, 7) is 7.90. The molecule has 0 unspecified atom stereocenters. The van der Waals surface area contributed by atoms with E-state index in [0.29, 0.717) is 46.2 Å². The van der Waals surface area contributed by atoms with Gasteiger partial charge in [0.2, 0.25) is 0 Å². The molecule has 0 heterocycles. The number of hydrogen-bond donors (Lipinski definition) is 2. The van der Waals surface area contributed by atoms with Crippen LogP contribution in [0.1, 0.15) is 20.3 Å². The number of amides is 1. The van der Waals surface area contributed by atoms with Crippen LogP contribution in [0.4, 0.5) is 4.79 Å². The molecule has 0 saturated carbocycles. The Morgan fingerprint density at radius 3 is 2.00 bits per heavy atom. The summed E-state index contributed by atoms with van der Waals surface area (Å²) < 4.78 is 20.9. The lowest BCUT2D eigenvalue weighted by Crippen LogP contribution is -2.43. The van der Waals surface area contributed by atoms with Gasteiger partial charge in [-0.15, -0.1) is 0 Å². The Balaban J connectivity index is 3.20. The van der Waals surface area contributed by atoms with Gasteiger partial charge < -0.3 is 29.4 Å². The molecule has 1 amide bonds. The summed E-state index contributed by atoms with van der Waals surface area (Å²) in [4.78, 5) is 10.6. The summed E-state index contributed by atoms with van der Waals surface area (Å²) in [5.74, 6) is 1.79. The van der Waals surface area contributed by atoms with Gasteiger partial charge in [-0.2, -0.15) is 11.8 Å². The number of carbonyl (C=O) groups is 1. The summed E-state index contributed by atoms with van der Waals surface area (Å²) in [6, 6.07) is 0. The zero-order valence-corrected chi connectivity index (χ0v) is 15.3. The number of nitrogens with one attached hydrogen (secondary N) is 1. The zero-order valence-electron chi connectivity index (χ0n) is 14.5. The lowest BCUT2D eigenvalue weighted by molar-refractivity contribution is 0.00565. The zero-order chi connectivity index (χ0) is 17.4. The van der Waals surface area contributed by atoms with Crippen LogP contribution < -0.4 is 5.32 Å². The summed E-state index contributed by atoms with van der Waals surface area (Å²) in [5.41, 5.74) is -0.390. The van der Waals surface area contributed by atoms with Gasteiger partial charge in [-0.05, 0) is 26.0 Å². The molecule has 23 heavy (non-hydrogen) atoms. The molecular formula is C15H31NO6S. The number of hydrogen-bond acceptors (Lipinski definition) is 6. The molecule has 0 aromatic rings. The third-order valence-electron chi connectivity index (χ3n) is 2.86. The maximum absolute atomic E-state index is 10.6. The van der Waals surface area contributed by atoms with Crippen LogP contribution in [-0.2, 0) is 18.9 Å². The predicted molar refractivity (Wildman–Crippen MR) is 91.5 cm³/mol. The Labute approximate surface area is 143 Å². The van der Waals surface area contributed by atoms with Gasteiger partial charge in [0.05, 0.1) is 46.2 Å². The molecule has 0 aromatic heterocycles. The molecule has 0 aliphatic carbocycles. The highest BCUT2D eigenvalue weighted by atomic mass is 32.2. The number of ether oxygens (including phenoxy) is 4. The highest BCUT2D eigenvalue weighted by molar-refractivity contribution is 7.99. The van der Waals surface area contributed by atoms with E-state index >= 15 is 0 Å². The van der Waals surface area contributed by atoms with E-state index in [2.05, 4.69) is 5.32 Å². The lowest BCUT2D eigenvalue weighted by Gasteiger charge is -2.24. The van der Waals surface area contributed by atoms with Gasteiger partial charge in [-0.1, -0.05) is 0 Å². The Kier molecular flexibility index (Phi) is 14.7. The molecule has 0 fully saturated rings. The molecule has 0 radical (unpaired) electrons. The van der Waals surface area contributed by atoms with Crippen molar-refractivity contribution in [1.29, 1.82) is 0 Å². The second-order valence-electron chi connectivity index (χ2n) is 5.51. The minimum atomic E-state index is -0.979. The third kappa shape index (κ3) is 17.6. The second kappa shape index (κ2) is 15.0. The SMILES string of the molecule is COCCOCCOCCOCCSCCC(C)(C)NC(=O)O. The van der Waals surface area contributed by atoms with E-state index in [1.165, 1.54) is 0 Å². The maximum Gasteiger partial charge on any atom is 0.405 e. The molecule has 2 N–H and O–H groups in total. The topological polar surface area (TPSA) is 86.3 Å². The standard InChI is InChI=1S/C15H31NO6S/c1-15(2,16-14(17)18)4-12-23-13-11-22-10-9-21-8-7-20-6-5-19-3/h16H,4-13H2,1-3H3,(H,17,18). The van der Waals surface area contributed by atoms with Gasteiger partial charge in [-0.3, -0.25) is 0 Å². The van der Waals surface area contributed by atoms with Gasteiger partial charge in [0.1, 0.15) is 0 Å². The van der Waals surface area contributed by atoms with Crippen molar-refractivity contribution in [3.05, 3.63) is 0 Å². The van der Waals surface area contributed by atoms with E-state index in [1.807, 2.05) is 13.8 Å². The van der Waals surface area contributed by atoms with Crippen molar-refractivity contribution < 1.29 is 28.8 Å². The number of rotatable bonds is 16. The van der Waals surface area contributed by atoms with Crippen molar-refractivity contribution in [3.63, 3.8) is 0 Å². The Bertz CT molecular complexity index is 291. The summed E-state index contributed by atoms with van der Waals surface area (Å²) in [7, 11) is 1.64. The Morgan fingerprint density at radius 2 is 1.48 bits per heavy atom. The molecule has 0 spiro atoms. The average Bonchev–Trinajstić information content (AvgIpc) is 2.46. The van der Waals surface area contributed by atoms with Crippen molar-refractivity contribution in [2.75, 3.05) is 64.9 Å². The van der Waals surface area contributed by atoms with Crippen LogP contribution in [0.3, 0.4) is 0 Å². The predicted octanol–water partition coefficient (Wildman–Crippen LogP) is 1.85. The van der Waals surface area contributed by atoms with Crippen molar-refractivity contribution in [1.82, 2.24) is 5.32 Å². The highest BCUT2D eigenvalue weighted by Gasteiger charge is 2.19. The molecule has 8 heteroatoms. The first-order valence-electron chi connectivity index (χ1n) is 7.79. The maximum atomic E-state index is 10.6. The quantitative estimate of drug-likeness (QED) is 0.410. The van der Waals surface area contributed by atoms with Crippen LogP contribution in [0.15, 0.2) is 0 Å². The molecule has 0 saturated heterocycles. The van der Waals surface area contributed by atoms with E-state index < -0.39 is 11.6 Å². The molecule has 0 aliphatic rings. The fourth-order valence-corrected chi connectivity index (χ4v) is 2.68. The van der Waals surface area contributed by atoms with Crippen LogP contribution in [0.5, 0.6) is 0 Å². The highest BCUT2D eigenvalue weighted by Crippen LogP contribution is 2.13. The molecule has 0 bridgehead atoms. The van der Waals surface area contributed by atoms with Crippen molar-refractivity contribution in [3.8, 4) is 0 Å². The Hall–Kier alpha value is -0.540. The number of methoxy groups -OCH3 is 1. The van der Waals surface area contributed by atoms with Crippen LogP contribution in [0.2, 0.25) is 0 Å². The van der Waals surface area contributed by atoms with Crippen molar-refractivity contribution >= 4 is 17.9 Å². The van der Waals surface area contributed by atoms with Gasteiger partial charge in [-0.25, -0.2) is 4.79 Å². The largest absolute Gasteiger partial charge is 0.465 e. The summed E-state index contributed by atoms with van der Waals surface area (Å²) in [5, 5.41) is 11.2. The van der Waals surface area contributed by atoms with Gasteiger partial charge in [0, 0.05) is 18.4 Å². The fraction of sp³-hybridized carbons (Fsp3) is 0.933. The molecule has 0 rings (SSSR count). The first-order chi connectivity index (χ1) is 11.0. The molecule has 0 aromatic carbocycles. The first-order valence-corrected chi connectivity index (χ1v) is 8.94. The number of carboxylic acid groups (broad SMARTS) is 1. The fourth-order valence-electron chi connectivity index (χ4n) is 1.58. The van der Waals surface area contributed by atoms with E-state index in [-0.39, 0.29) is 0 Å². The van der Waals surface area contributed by atoms with Crippen LogP contribution in [-0.4, -0.2) is 81.6 Å². The molecule has 0 aliphatic heterocycles. The minimum Gasteiger partial charge on any atom is -0.465 e. The molecule has 0 atom stereocenters. The summed E-state index contributed by atoms with van der Waals surface area (Å²) >= 11 is 1.76. The Morgan fingerprint density at radius 1 is 0.957 bits per heavy atom. The van der Waals surface area contributed by atoms with E-state index in [0.717, 1.165) is 17.9 Å². The average molecular weight is 353 g/mol. The molecular weight excluding hydrogens is 322 g/mol. The third-order valence-corrected chi connectivity index (χ3v) is 3.81. The first kappa shape index (κ1) is 22.5. The van der Waals surface area contributed by atoms with Crippen LogP contribution in [0, 0.1) is 0 Å². The number of thioether (sulfide) groups is 1. The van der Waals surface area contributed by atoms with E-state index in [4.69, 9.17) is 24.1 Å². The van der Waals surface area contributed by atoms with E-state index in [1.54, 1.807) is 18.9 Å². The lowest BCUT2D eigenvalue weighted by atomic mass is 10.0. The van der Waals surface area contributed by atoms with Crippen molar-refractivity contribution in [2.24, 2.45) is 0 Å². The second-order valence-corrected chi connectivity index (χ2v) is 6.73.